The van der Waals surface area contributed by atoms with Crippen LogP contribution in [0.4, 0.5) is 4.79 Å². The van der Waals surface area contributed by atoms with E-state index >= 15 is 0 Å². The predicted molar refractivity (Wildman–Crippen MR) is 95.6 cm³/mol. The zero-order chi connectivity index (χ0) is 13.1. The molecule has 0 atom stereocenters. The van der Waals surface area contributed by atoms with Gasteiger partial charge in [0.25, 0.3) is 0 Å². The normalized spacial score (nSPS) is 9.88. The molecule has 0 aliphatic heterocycles. The summed E-state index contributed by atoms with van der Waals surface area (Å²) in [5.41, 5.74) is 0. The summed E-state index contributed by atoms with van der Waals surface area (Å²) in [4.78, 5) is 11.2. The quantitative estimate of drug-likeness (QED) is 0.162. The average Bonchev–Trinajstić information content (AvgIpc) is 2.30. The molecule has 3 nitrogen and oxygen atoms in total. The maximum absolute atomic E-state index is 11.2. The van der Waals surface area contributed by atoms with Gasteiger partial charge < -0.3 is 9.47 Å². The maximum atomic E-state index is 11.2. The molecule has 17 heavy (non-hydrogen) atoms. The number of ether oxygens (including phenoxy) is 2. The first-order valence-electron chi connectivity index (χ1n) is 5.13. The highest BCUT2D eigenvalue weighted by molar-refractivity contribution is 14.2. The Morgan fingerprint density at radius 3 is 2.24 bits per heavy atom. The molecular weight excluding hydrogens is 584 g/mol. The molecule has 100 valence electrons. The van der Waals surface area contributed by atoms with Crippen LogP contribution in [0.1, 0.15) is 25.7 Å². The summed E-state index contributed by atoms with van der Waals surface area (Å²) in [5, 5.41) is 0. The highest BCUT2D eigenvalue weighted by atomic mass is 127. The van der Waals surface area contributed by atoms with Crippen molar-refractivity contribution >= 4 is 85.5 Å². The first kappa shape index (κ1) is 18.5. The number of hydrogen-bond donors (Lipinski definition) is 0. The lowest BCUT2D eigenvalue weighted by Gasteiger charge is -2.06. The molecule has 0 saturated heterocycles. The Kier molecular flexibility index (Phi) is 13.6. The van der Waals surface area contributed by atoms with Crippen molar-refractivity contribution in [2.75, 3.05) is 19.1 Å². The number of alkyl halides is 1. The van der Waals surface area contributed by atoms with Gasteiger partial charge in [0.05, 0.1) is 8.19 Å². The van der Waals surface area contributed by atoms with Gasteiger partial charge in [-0.25, -0.2) is 4.79 Å². The Bertz CT molecular complexity index is 255. The number of halogens is 4. The Morgan fingerprint density at radius 1 is 1.00 bits per heavy atom. The van der Waals surface area contributed by atoms with Gasteiger partial charge in [-0.1, -0.05) is 12.8 Å². The SMILES string of the molecule is O=C(OCCCCCCCl)OCC(I)=C(I)I. The van der Waals surface area contributed by atoms with Crippen LogP contribution in [0.2, 0.25) is 0 Å². The van der Waals surface area contributed by atoms with Crippen molar-refractivity contribution in [2.45, 2.75) is 25.7 Å². The van der Waals surface area contributed by atoms with Crippen molar-refractivity contribution in [1.29, 1.82) is 0 Å². The van der Waals surface area contributed by atoms with Gasteiger partial charge in [-0.15, -0.1) is 11.6 Å². The smallest absolute Gasteiger partial charge is 0.434 e. The fraction of sp³-hybridized carbons (Fsp3) is 0.700. The summed E-state index contributed by atoms with van der Waals surface area (Å²) in [7, 11) is 0. The van der Waals surface area contributed by atoms with Gasteiger partial charge in [0, 0.05) is 9.46 Å². The van der Waals surface area contributed by atoms with Crippen molar-refractivity contribution in [1.82, 2.24) is 0 Å². The van der Waals surface area contributed by atoms with Gasteiger partial charge in [-0.2, -0.15) is 0 Å². The first-order valence-corrected chi connectivity index (χ1v) is 8.90. The summed E-state index contributed by atoms with van der Waals surface area (Å²) in [6.45, 7) is 0.704. The molecule has 0 unspecified atom stereocenters. The molecule has 0 N–H and O–H groups in total. The molecule has 0 heterocycles. The molecule has 0 rings (SSSR count). The van der Waals surface area contributed by atoms with Gasteiger partial charge in [0.1, 0.15) is 6.61 Å². The van der Waals surface area contributed by atoms with E-state index in [4.69, 9.17) is 21.1 Å². The fourth-order valence-corrected chi connectivity index (χ4v) is 1.58. The zero-order valence-electron chi connectivity index (χ0n) is 9.19. The molecule has 0 aromatic carbocycles. The largest absolute Gasteiger partial charge is 0.508 e. The van der Waals surface area contributed by atoms with Crippen LogP contribution in [0.25, 0.3) is 0 Å². The lowest BCUT2D eigenvalue weighted by molar-refractivity contribution is 0.0617. The van der Waals surface area contributed by atoms with Crippen LogP contribution in [0, 0.1) is 0 Å². The Morgan fingerprint density at radius 2 is 1.65 bits per heavy atom. The topological polar surface area (TPSA) is 35.5 Å². The third kappa shape index (κ3) is 12.3. The lowest BCUT2D eigenvalue weighted by Crippen LogP contribution is -2.09. The molecule has 0 aromatic rings. The summed E-state index contributed by atoms with van der Waals surface area (Å²) in [5.74, 6) is 0.697. The Labute approximate surface area is 148 Å². The standard InChI is InChI=1S/C10H14ClI3O3/c11-5-3-1-2-4-6-16-10(15)17-7-8(12)9(13)14/h1-7H2. The molecule has 0 amide bonds. The molecule has 0 aliphatic carbocycles. The van der Waals surface area contributed by atoms with Gasteiger partial charge >= 0.3 is 6.16 Å². The Hall–Kier alpha value is 1.49. The van der Waals surface area contributed by atoms with Crippen LogP contribution >= 0.6 is 79.4 Å². The van der Waals surface area contributed by atoms with Crippen LogP contribution in [0.3, 0.4) is 0 Å². The number of carbonyl (C=O) groups excluding carboxylic acids is 1. The van der Waals surface area contributed by atoms with E-state index in [2.05, 4.69) is 67.8 Å². The molecule has 0 fully saturated rings. The van der Waals surface area contributed by atoms with Gasteiger partial charge in [0.15, 0.2) is 0 Å². The number of hydrogen-bond acceptors (Lipinski definition) is 3. The predicted octanol–water partition coefficient (Wildman–Crippen LogP) is 5.41. The van der Waals surface area contributed by atoms with E-state index < -0.39 is 6.16 Å². The second-order valence-corrected chi connectivity index (χ2v) is 9.06. The van der Waals surface area contributed by atoms with E-state index in [-0.39, 0.29) is 6.61 Å². The van der Waals surface area contributed by atoms with E-state index in [0.29, 0.717) is 12.5 Å². The second-order valence-electron chi connectivity index (χ2n) is 3.16. The van der Waals surface area contributed by atoms with Crippen LogP contribution in [0.15, 0.2) is 5.17 Å². The van der Waals surface area contributed by atoms with E-state index in [9.17, 15) is 4.79 Å². The highest BCUT2D eigenvalue weighted by Crippen LogP contribution is 2.25. The molecular formula is C10H14ClI3O3. The molecule has 0 bridgehead atoms. The molecule has 0 saturated carbocycles. The maximum Gasteiger partial charge on any atom is 0.508 e. The molecule has 0 radical (unpaired) electrons. The third-order valence-electron chi connectivity index (χ3n) is 1.77. The van der Waals surface area contributed by atoms with E-state index in [0.717, 1.165) is 30.8 Å². The van der Waals surface area contributed by atoms with Gasteiger partial charge in [-0.3, -0.25) is 0 Å². The van der Waals surface area contributed by atoms with Crippen LogP contribution in [0.5, 0.6) is 0 Å². The van der Waals surface area contributed by atoms with Crippen molar-refractivity contribution in [3.8, 4) is 0 Å². The highest BCUT2D eigenvalue weighted by Gasteiger charge is 2.05. The fourth-order valence-electron chi connectivity index (χ4n) is 0.924. The number of unbranched alkanes of at least 4 members (excludes halogenated alkanes) is 3. The second kappa shape index (κ2) is 12.5. The van der Waals surface area contributed by atoms with Crippen molar-refractivity contribution in [3.05, 3.63) is 5.17 Å². The summed E-state index contributed by atoms with van der Waals surface area (Å²) < 4.78 is 12.0. The summed E-state index contributed by atoms with van der Waals surface area (Å²) >= 11 is 12.1. The zero-order valence-corrected chi connectivity index (χ0v) is 16.4. The van der Waals surface area contributed by atoms with Crippen LogP contribution in [-0.4, -0.2) is 25.2 Å². The summed E-state index contributed by atoms with van der Waals surface area (Å²) in [6, 6.07) is 0. The van der Waals surface area contributed by atoms with Crippen molar-refractivity contribution < 1.29 is 14.3 Å². The molecule has 7 heteroatoms. The molecule has 0 spiro atoms. The van der Waals surface area contributed by atoms with E-state index in [1.54, 1.807) is 0 Å². The minimum Gasteiger partial charge on any atom is -0.434 e. The van der Waals surface area contributed by atoms with Crippen molar-refractivity contribution in [2.24, 2.45) is 0 Å². The Balaban J connectivity index is 3.45. The monoisotopic (exact) mass is 598 g/mol. The van der Waals surface area contributed by atoms with Crippen LogP contribution in [-0.2, 0) is 9.47 Å². The van der Waals surface area contributed by atoms with Gasteiger partial charge in [0.2, 0.25) is 0 Å². The van der Waals surface area contributed by atoms with Crippen molar-refractivity contribution in [3.63, 3.8) is 0 Å². The summed E-state index contributed by atoms with van der Waals surface area (Å²) in [6.07, 6.45) is 3.40. The number of carbonyl (C=O) groups is 1. The minimum atomic E-state index is -0.592. The third-order valence-corrected chi connectivity index (χ3v) is 6.25. The average molecular weight is 598 g/mol. The number of rotatable bonds is 8. The molecule has 0 aromatic heterocycles. The van der Waals surface area contributed by atoms with Crippen LogP contribution < -0.4 is 0 Å². The van der Waals surface area contributed by atoms with E-state index in [1.807, 2.05) is 0 Å². The van der Waals surface area contributed by atoms with E-state index in [1.165, 1.54) is 0 Å². The minimum absolute atomic E-state index is 0.285. The van der Waals surface area contributed by atoms with Gasteiger partial charge in [-0.05, 0) is 80.6 Å². The lowest BCUT2D eigenvalue weighted by atomic mass is 10.2. The first-order chi connectivity index (χ1) is 8.07. The molecule has 0 aliphatic rings.